The molecule has 3 aromatic rings. The largest absolute Gasteiger partial charge is 0.476 e. The SMILES string of the molecule is O=C(O)c1[nH]nnc1O[C@H]1CC[C@H](c2ccc(-n3cncn3)cc2)CC1. The summed E-state index contributed by atoms with van der Waals surface area (Å²) in [6.07, 6.45) is 6.81. The Morgan fingerprint density at radius 2 is 1.96 bits per heavy atom. The van der Waals surface area contributed by atoms with Crippen LogP contribution in [0.25, 0.3) is 5.69 Å². The lowest BCUT2D eigenvalue weighted by molar-refractivity contribution is 0.0678. The molecule has 2 aromatic heterocycles. The van der Waals surface area contributed by atoms with Crippen LogP contribution >= 0.6 is 0 Å². The molecule has 0 aliphatic heterocycles. The molecule has 2 N–H and O–H groups in total. The molecule has 1 saturated carbocycles. The zero-order valence-corrected chi connectivity index (χ0v) is 13.9. The Hall–Kier alpha value is -3.23. The fraction of sp³-hybridized carbons (Fsp3) is 0.353. The van der Waals surface area contributed by atoms with Crippen molar-refractivity contribution in [1.82, 2.24) is 30.2 Å². The Balaban J connectivity index is 1.36. The zero-order valence-electron chi connectivity index (χ0n) is 13.9. The second-order valence-electron chi connectivity index (χ2n) is 6.32. The molecule has 134 valence electrons. The van der Waals surface area contributed by atoms with Crippen LogP contribution in [0.4, 0.5) is 0 Å². The van der Waals surface area contributed by atoms with Crippen LogP contribution in [-0.2, 0) is 0 Å². The van der Waals surface area contributed by atoms with Gasteiger partial charge in [0.05, 0.1) is 5.69 Å². The number of rotatable bonds is 5. The summed E-state index contributed by atoms with van der Waals surface area (Å²) in [6, 6.07) is 8.34. The van der Waals surface area contributed by atoms with Crippen LogP contribution in [0, 0.1) is 0 Å². The van der Waals surface area contributed by atoms with Gasteiger partial charge in [-0.2, -0.15) is 5.10 Å². The number of nitrogens with zero attached hydrogens (tertiary/aromatic N) is 5. The van der Waals surface area contributed by atoms with Crippen molar-refractivity contribution in [2.45, 2.75) is 37.7 Å². The molecule has 1 aliphatic carbocycles. The van der Waals surface area contributed by atoms with Crippen LogP contribution < -0.4 is 4.74 Å². The molecule has 0 radical (unpaired) electrons. The summed E-state index contributed by atoms with van der Waals surface area (Å²) in [5.74, 6) is -0.583. The summed E-state index contributed by atoms with van der Waals surface area (Å²) in [7, 11) is 0. The fourth-order valence-electron chi connectivity index (χ4n) is 3.35. The van der Waals surface area contributed by atoms with E-state index in [9.17, 15) is 4.79 Å². The maximum Gasteiger partial charge on any atom is 0.359 e. The van der Waals surface area contributed by atoms with Crippen molar-refractivity contribution >= 4 is 5.97 Å². The minimum absolute atomic E-state index is 0.0381. The predicted molar refractivity (Wildman–Crippen MR) is 90.3 cm³/mol. The van der Waals surface area contributed by atoms with Crippen molar-refractivity contribution in [2.75, 3.05) is 0 Å². The molecule has 0 bridgehead atoms. The maximum absolute atomic E-state index is 11.1. The lowest BCUT2D eigenvalue weighted by atomic mass is 9.82. The summed E-state index contributed by atoms with van der Waals surface area (Å²) in [6.45, 7) is 0. The highest BCUT2D eigenvalue weighted by Gasteiger charge is 2.26. The standard InChI is InChI=1S/C17H18N6O3/c24-17(25)15-16(21-22-20-15)26-14-7-3-12(4-8-14)11-1-5-13(6-2-11)23-10-18-9-19-23/h1-2,5-6,9-10,12,14H,3-4,7-8H2,(H,24,25)(H,20,21,22)/t12-,14-. The minimum atomic E-state index is -1.12. The Morgan fingerprint density at radius 1 is 1.19 bits per heavy atom. The van der Waals surface area contributed by atoms with E-state index >= 15 is 0 Å². The Morgan fingerprint density at radius 3 is 2.62 bits per heavy atom. The Bertz CT molecular complexity index is 866. The first-order chi connectivity index (χ1) is 12.7. The van der Waals surface area contributed by atoms with E-state index in [1.54, 1.807) is 11.0 Å². The molecule has 1 aliphatic rings. The normalized spacial score (nSPS) is 20.0. The van der Waals surface area contributed by atoms with Gasteiger partial charge in [-0.3, -0.25) is 0 Å². The lowest BCUT2D eigenvalue weighted by Gasteiger charge is -2.28. The second kappa shape index (κ2) is 6.95. The summed E-state index contributed by atoms with van der Waals surface area (Å²) < 4.78 is 7.46. The number of nitrogens with one attached hydrogen (secondary N) is 1. The lowest BCUT2D eigenvalue weighted by Crippen LogP contribution is -2.24. The summed E-state index contributed by atoms with van der Waals surface area (Å²) in [5, 5.41) is 22.8. The minimum Gasteiger partial charge on any atom is -0.476 e. The van der Waals surface area contributed by atoms with Crippen LogP contribution in [-0.4, -0.2) is 47.4 Å². The molecule has 0 amide bonds. The Kier molecular flexibility index (Phi) is 4.34. The third kappa shape index (κ3) is 3.28. The van der Waals surface area contributed by atoms with E-state index in [0.29, 0.717) is 5.92 Å². The number of benzene rings is 1. The van der Waals surface area contributed by atoms with E-state index in [1.807, 2.05) is 12.1 Å². The van der Waals surface area contributed by atoms with Gasteiger partial charge >= 0.3 is 5.97 Å². The van der Waals surface area contributed by atoms with E-state index in [1.165, 1.54) is 11.9 Å². The van der Waals surface area contributed by atoms with Gasteiger partial charge in [-0.15, -0.1) is 0 Å². The zero-order chi connectivity index (χ0) is 17.9. The molecule has 4 rings (SSSR count). The summed E-state index contributed by atoms with van der Waals surface area (Å²) >= 11 is 0. The fourth-order valence-corrected chi connectivity index (χ4v) is 3.35. The maximum atomic E-state index is 11.1. The number of hydrogen-bond acceptors (Lipinski definition) is 6. The molecule has 1 fully saturated rings. The van der Waals surface area contributed by atoms with E-state index in [-0.39, 0.29) is 17.7 Å². The monoisotopic (exact) mass is 354 g/mol. The van der Waals surface area contributed by atoms with Gasteiger partial charge < -0.3 is 9.84 Å². The van der Waals surface area contributed by atoms with E-state index < -0.39 is 5.97 Å². The average molecular weight is 354 g/mol. The number of hydrogen-bond donors (Lipinski definition) is 2. The first kappa shape index (κ1) is 16.2. The van der Waals surface area contributed by atoms with Crippen LogP contribution in [0.1, 0.15) is 47.7 Å². The highest BCUT2D eigenvalue weighted by molar-refractivity contribution is 5.87. The van der Waals surface area contributed by atoms with Crippen LogP contribution in [0.2, 0.25) is 0 Å². The van der Waals surface area contributed by atoms with Crippen LogP contribution in [0.5, 0.6) is 5.88 Å². The van der Waals surface area contributed by atoms with Crippen molar-refractivity contribution in [3.63, 3.8) is 0 Å². The van der Waals surface area contributed by atoms with E-state index in [2.05, 4.69) is 37.6 Å². The van der Waals surface area contributed by atoms with Crippen molar-refractivity contribution in [1.29, 1.82) is 0 Å². The smallest absolute Gasteiger partial charge is 0.359 e. The number of H-pyrrole nitrogens is 1. The molecule has 2 heterocycles. The van der Waals surface area contributed by atoms with Crippen molar-refractivity contribution in [3.05, 3.63) is 48.2 Å². The number of aromatic carboxylic acids is 1. The van der Waals surface area contributed by atoms with Crippen LogP contribution in [0.15, 0.2) is 36.9 Å². The number of carbonyl (C=O) groups is 1. The molecule has 0 atom stereocenters. The summed E-state index contributed by atoms with van der Waals surface area (Å²) in [4.78, 5) is 15.0. The molecule has 0 spiro atoms. The Labute approximate surface area is 149 Å². The van der Waals surface area contributed by atoms with E-state index in [0.717, 1.165) is 31.4 Å². The number of ether oxygens (including phenoxy) is 1. The van der Waals surface area contributed by atoms with Gasteiger partial charge in [0.15, 0.2) is 0 Å². The van der Waals surface area contributed by atoms with Gasteiger partial charge in [0.1, 0.15) is 18.8 Å². The number of aromatic nitrogens is 6. The predicted octanol–water partition coefficient (Wildman–Crippen LogP) is 2.19. The topological polar surface area (TPSA) is 119 Å². The van der Waals surface area contributed by atoms with E-state index in [4.69, 9.17) is 9.84 Å². The molecule has 26 heavy (non-hydrogen) atoms. The van der Waals surface area contributed by atoms with Gasteiger partial charge in [-0.05, 0) is 49.3 Å². The summed E-state index contributed by atoms with van der Waals surface area (Å²) in [5.41, 5.74) is 2.17. The van der Waals surface area contributed by atoms with Crippen molar-refractivity contribution < 1.29 is 14.6 Å². The van der Waals surface area contributed by atoms with Gasteiger partial charge in [-0.1, -0.05) is 22.4 Å². The van der Waals surface area contributed by atoms with Gasteiger partial charge in [0, 0.05) is 0 Å². The third-order valence-corrected chi connectivity index (χ3v) is 4.73. The molecule has 0 saturated heterocycles. The first-order valence-electron chi connectivity index (χ1n) is 8.46. The number of carboxylic acids is 1. The molecular formula is C17H18N6O3. The average Bonchev–Trinajstić information content (AvgIpc) is 3.34. The van der Waals surface area contributed by atoms with Crippen molar-refractivity contribution in [3.8, 4) is 11.6 Å². The quantitative estimate of drug-likeness (QED) is 0.721. The molecule has 0 unspecified atom stereocenters. The van der Waals surface area contributed by atoms with Gasteiger partial charge in [-0.25, -0.2) is 19.6 Å². The van der Waals surface area contributed by atoms with Gasteiger partial charge in [0.25, 0.3) is 5.88 Å². The molecule has 1 aromatic carbocycles. The highest BCUT2D eigenvalue weighted by Crippen LogP contribution is 2.34. The second-order valence-corrected chi connectivity index (χ2v) is 6.32. The number of aromatic amines is 1. The van der Waals surface area contributed by atoms with Crippen molar-refractivity contribution in [2.24, 2.45) is 0 Å². The third-order valence-electron chi connectivity index (χ3n) is 4.73. The first-order valence-corrected chi connectivity index (χ1v) is 8.46. The molecular weight excluding hydrogens is 336 g/mol. The van der Waals surface area contributed by atoms with Crippen LogP contribution in [0.3, 0.4) is 0 Å². The van der Waals surface area contributed by atoms with Gasteiger partial charge in [0.2, 0.25) is 5.69 Å². The number of carboxylic acid groups (broad SMARTS) is 1. The molecule has 9 heteroatoms. The highest BCUT2D eigenvalue weighted by atomic mass is 16.5. The molecule has 9 nitrogen and oxygen atoms in total.